The fourth-order valence-corrected chi connectivity index (χ4v) is 3.50. The first-order chi connectivity index (χ1) is 15.0. The highest BCUT2D eigenvalue weighted by Gasteiger charge is 2.19. The van der Waals surface area contributed by atoms with Crippen LogP contribution in [0.5, 0.6) is 5.75 Å². The van der Waals surface area contributed by atoms with Gasteiger partial charge in [-0.05, 0) is 36.6 Å². The molecule has 2 aromatic carbocycles. The Labute approximate surface area is 184 Å². The molecule has 0 spiro atoms. The van der Waals surface area contributed by atoms with Gasteiger partial charge in [0.1, 0.15) is 17.3 Å². The minimum atomic E-state index is -0.593. The number of aromatic nitrogens is 4. The Morgan fingerprint density at radius 1 is 1.06 bits per heavy atom. The number of phenols is 1. The molecule has 0 unspecified atom stereocenters. The van der Waals surface area contributed by atoms with Gasteiger partial charge < -0.3 is 10.8 Å². The zero-order valence-electron chi connectivity index (χ0n) is 16.6. The molecule has 0 bridgehead atoms. The molecule has 7 nitrogen and oxygen atoms in total. The lowest BCUT2D eigenvalue weighted by Gasteiger charge is -2.05. The Bertz CT molecular complexity index is 1220. The topological polar surface area (TPSA) is 107 Å². The van der Waals surface area contributed by atoms with Gasteiger partial charge in [-0.3, -0.25) is 4.79 Å². The molecule has 156 valence electrons. The molecule has 2 heterocycles. The number of amides is 1. The lowest BCUT2D eigenvalue weighted by molar-refractivity contribution is 0.100. The van der Waals surface area contributed by atoms with Crippen LogP contribution in [0.2, 0.25) is 5.02 Å². The third-order valence-electron chi connectivity index (χ3n) is 4.84. The average Bonchev–Trinajstić information content (AvgIpc) is 3.21. The van der Waals surface area contributed by atoms with Crippen molar-refractivity contribution in [3.8, 4) is 22.8 Å². The second kappa shape index (κ2) is 8.97. The standard InChI is InChI=1S/C23H20ClN5O2/c24-19-6-2-1-5-17(19)22-18(23(25)31)14-29(28-22)21-12-13-26-20(27-21)7-3-4-15-8-10-16(30)11-9-15/h1-2,5-6,8-14,30H,3-4,7H2,(H2,25,31). The Hall–Kier alpha value is -3.71. The highest BCUT2D eigenvalue weighted by atomic mass is 35.5. The number of aromatic hydroxyl groups is 1. The Morgan fingerprint density at radius 3 is 2.58 bits per heavy atom. The van der Waals surface area contributed by atoms with Gasteiger partial charge in [-0.1, -0.05) is 41.9 Å². The van der Waals surface area contributed by atoms with Crippen LogP contribution >= 0.6 is 11.6 Å². The molecular formula is C23H20ClN5O2. The van der Waals surface area contributed by atoms with Crippen molar-refractivity contribution in [2.45, 2.75) is 19.3 Å². The van der Waals surface area contributed by atoms with E-state index in [-0.39, 0.29) is 11.3 Å². The first-order valence-electron chi connectivity index (χ1n) is 9.76. The van der Waals surface area contributed by atoms with Crippen molar-refractivity contribution in [3.05, 3.63) is 89.0 Å². The summed E-state index contributed by atoms with van der Waals surface area (Å²) in [6.07, 6.45) is 5.60. The van der Waals surface area contributed by atoms with E-state index in [1.165, 1.54) is 4.68 Å². The Kier molecular flexibility index (Phi) is 5.95. The van der Waals surface area contributed by atoms with Gasteiger partial charge in [0.25, 0.3) is 5.91 Å². The van der Waals surface area contributed by atoms with Crippen molar-refractivity contribution in [1.82, 2.24) is 19.7 Å². The maximum atomic E-state index is 12.0. The second-order valence-corrected chi connectivity index (χ2v) is 7.44. The second-order valence-electron chi connectivity index (χ2n) is 7.03. The van der Waals surface area contributed by atoms with Crippen LogP contribution in [-0.4, -0.2) is 30.8 Å². The molecule has 3 N–H and O–H groups in total. The molecule has 2 aromatic heterocycles. The van der Waals surface area contributed by atoms with E-state index in [0.717, 1.165) is 18.4 Å². The summed E-state index contributed by atoms with van der Waals surface area (Å²) in [4.78, 5) is 20.9. The van der Waals surface area contributed by atoms with E-state index in [2.05, 4.69) is 15.1 Å². The van der Waals surface area contributed by atoms with Gasteiger partial charge in [-0.25, -0.2) is 14.6 Å². The van der Waals surface area contributed by atoms with Crippen molar-refractivity contribution in [2.75, 3.05) is 0 Å². The maximum Gasteiger partial charge on any atom is 0.252 e. The largest absolute Gasteiger partial charge is 0.508 e. The summed E-state index contributed by atoms with van der Waals surface area (Å²) in [6.45, 7) is 0. The summed E-state index contributed by atoms with van der Waals surface area (Å²) >= 11 is 6.29. The van der Waals surface area contributed by atoms with Gasteiger partial charge in [-0.15, -0.1) is 0 Å². The molecule has 0 radical (unpaired) electrons. The number of hydrogen-bond acceptors (Lipinski definition) is 5. The van der Waals surface area contributed by atoms with Crippen LogP contribution in [0.4, 0.5) is 0 Å². The number of primary amides is 1. The van der Waals surface area contributed by atoms with Crippen LogP contribution in [0.1, 0.15) is 28.2 Å². The highest BCUT2D eigenvalue weighted by Crippen LogP contribution is 2.29. The van der Waals surface area contributed by atoms with Gasteiger partial charge in [0.2, 0.25) is 0 Å². The first-order valence-corrected chi connectivity index (χ1v) is 10.1. The van der Waals surface area contributed by atoms with Gasteiger partial charge >= 0.3 is 0 Å². The van der Waals surface area contributed by atoms with E-state index in [0.29, 0.717) is 34.3 Å². The minimum absolute atomic E-state index is 0.255. The number of phenolic OH excluding ortho intramolecular Hbond substituents is 1. The highest BCUT2D eigenvalue weighted by molar-refractivity contribution is 6.33. The SMILES string of the molecule is NC(=O)c1cn(-c2ccnc(CCCc3ccc(O)cc3)n2)nc1-c1ccccc1Cl. The molecule has 4 aromatic rings. The van der Waals surface area contributed by atoms with Gasteiger partial charge in [0, 0.05) is 30.4 Å². The van der Waals surface area contributed by atoms with Crippen LogP contribution < -0.4 is 5.73 Å². The van der Waals surface area contributed by atoms with E-state index < -0.39 is 5.91 Å². The van der Waals surface area contributed by atoms with E-state index in [4.69, 9.17) is 17.3 Å². The number of halogens is 1. The van der Waals surface area contributed by atoms with E-state index >= 15 is 0 Å². The van der Waals surface area contributed by atoms with Crippen LogP contribution in [0.15, 0.2) is 67.0 Å². The zero-order chi connectivity index (χ0) is 21.8. The number of carbonyl (C=O) groups excluding carboxylic acids is 1. The number of hydrogen-bond donors (Lipinski definition) is 2. The third-order valence-corrected chi connectivity index (χ3v) is 5.17. The molecule has 0 aliphatic carbocycles. The lowest BCUT2D eigenvalue weighted by Crippen LogP contribution is -2.11. The number of aryl methyl sites for hydroxylation is 2. The smallest absolute Gasteiger partial charge is 0.252 e. The minimum Gasteiger partial charge on any atom is -0.508 e. The van der Waals surface area contributed by atoms with Crippen LogP contribution in [-0.2, 0) is 12.8 Å². The predicted molar refractivity (Wildman–Crippen MR) is 118 cm³/mol. The molecule has 1 amide bonds. The van der Waals surface area contributed by atoms with E-state index in [9.17, 15) is 9.90 Å². The van der Waals surface area contributed by atoms with Crippen LogP contribution in [0.25, 0.3) is 17.1 Å². The normalized spacial score (nSPS) is 10.9. The lowest BCUT2D eigenvalue weighted by atomic mass is 10.1. The van der Waals surface area contributed by atoms with Crippen LogP contribution in [0, 0.1) is 0 Å². The van der Waals surface area contributed by atoms with Crippen LogP contribution in [0.3, 0.4) is 0 Å². The van der Waals surface area contributed by atoms with Crippen molar-refractivity contribution in [1.29, 1.82) is 0 Å². The fourth-order valence-electron chi connectivity index (χ4n) is 3.27. The van der Waals surface area contributed by atoms with Crippen molar-refractivity contribution in [2.24, 2.45) is 5.73 Å². The fraction of sp³-hybridized carbons (Fsp3) is 0.130. The monoisotopic (exact) mass is 433 g/mol. The Balaban J connectivity index is 1.56. The summed E-state index contributed by atoms with van der Waals surface area (Å²) in [5.41, 5.74) is 8.00. The van der Waals surface area contributed by atoms with E-state index in [1.54, 1.807) is 42.7 Å². The first kappa shape index (κ1) is 20.6. The van der Waals surface area contributed by atoms with E-state index in [1.807, 2.05) is 24.3 Å². The zero-order valence-corrected chi connectivity index (χ0v) is 17.3. The third kappa shape index (κ3) is 4.73. The molecule has 0 atom stereocenters. The summed E-state index contributed by atoms with van der Waals surface area (Å²) in [5, 5.41) is 14.4. The maximum absolute atomic E-state index is 12.0. The molecule has 0 aliphatic heterocycles. The molecule has 0 fully saturated rings. The summed E-state index contributed by atoms with van der Waals surface area (Å²) < 4.78 is 1.52. The summed E-state index contributed by atoms with van der Waals surface area (Å²) in [5.74, 6) is 0.872. The number of nitrogens with two attached hydrogens (primary N) is 1. The van der Waals surface area contributed by atoms with Gasteiger partial charge in [0.15, 0.2) is 5.82 Å². The van der Waals surface area contributed by atoms with Gasteiger partial charge in [0.05, 0.1) is 10.6 Å². The molecule has 4 rings (SSSR count). The average molecular weight is 434 g/mol. The van der Waals surface area contributed by atoms with Crippen molar-refractivity contribution < 1.29 is 9.90 Å². The van der Waals surface area contributed by atoms with Crippen molar-refractivity contribution in [3.63, 3.8) is 0 Å². The number of nitrogens with zero attached hydrogens (tertiary/aromatic N) is 4. The quantitative estimate of drug-likeness (QED) is 0.458. The van der Waals surface area contributed by atoms with Crippen molar-refractivity contribution >= 4 is 17.5 Å². The molecule has 0 saturated carbocycles. The summed E-state index contributed by atoms with van der Waals surface area (Å²) in [7, 11) is 0. The molecule has 31 heavy (non-hydrogen) atoms. The molecule has 0 saturated heterocycles. The summed E-state index contributed by atoms with van der Waals surface area (Å²) in [6, 6.07) is 16.0. The molecule has 0 aliphatic rings. The number of benzene rings is 2. The molecule has 8 heteroatoms. The number of rotatable bonds is 7. The Morgan fingerprint density at radius 2 is 1.84 bits per heavy atom. The number of carbonyl (C=O) groups is 1. The predicted octanol–water partition coefficient (Wildman–Crippen LogP) is 3.96. The van der Waals surface area contributed by atoms with Gasteiger partial charge in [-0.2, -0.15) is 5.10 Å². The molecular weight excluding hydrogens is 414 g/mol.